The van der Waals surface area contributed by atoms with Crippen molar-refractivity contribution in [3.63, 3.8) is 0 Å². The first-order chi connectivity index (χ1) is 5.55. The summed E-state index contributed by atoms with van der Waals surface area (Å²) in [7, 11) is -0.849. The highest BCUT2D eigenvalue weighted by Gasteiger charge is 2.53. The topological polar surface area (TPSA) is 34.1 Å². The molecule has 2 aliphatic rings. The smallest absolute Gasteiger partial charge is 0.134 e. The Balaban J connectivity index is 2.41. The lowest BCUT2D eigenvalue weighted by Gasteiger charge is -2.23. The first-order valence-electron chi connectivity index (χ1n) is 4.16. The van der Waals surface area contributed by atoms with Crippen molar-refractivity contribution in [2.45, 2.75) is 30.3 Å². The van der Waals surface area contributed by atoms with Gasteiger partial charge in [0.25, 0.3) is 0 Å². The summed E-state index contributed by atoms with van der Waals surface area (Å²) in [5.74, 6) is 0.172. The Labute approximate surface area is 74.5 Å². The Morgan fingerprint density at radius 3 is 2.58 bits per heavy atom. The lowest BCUT2D eigenvalue weighted by atomic mass is 9.83. The van der Waals surface area contributed by atoms with Crippen molar-refractivity contribution >= 4 is 16.6 Å². The van der Waals surface area contributed by atoms with Crippen molar-refractivity contribution in [1.29, 1.82) is 0 Å². The molecule has 2 bridgehead atoms. The number of hydrogen-bond donors (Lipinski definition) is 0. The van der Waals surface area contributed by atoms with Crippen LogP contribution in [0.5, 0.6) is 0 Å². The van der Waals surface area contributed by atoms with Gasteiger partial charge in [0.2, 0.25) is 0 Å². The van der Waals surface area contributed by atoms with Crippen molar-refractivity contribution in [3.8, 4) is 0 Å². The first kappa shape index (κ1) is 8.17. The van der Waals surface area contributed by atoms with Gasteiger partial charge in [0.1, 0.15) is 5.78 Å². The molecule has 1 saturated heterocycles. The van der Waals surface area contributed by atoms with Crippen molar-refractivity contribution in [3.05, 3.63) is 12.2 Å². The third-order valence-corrected chi connectivity index (χ3v) is 5.19. The van der Waals surface area contributed by atoms with Crippen LogP contribution in [0, 0.1) is 5.92 Å². The number of ketones is 1. The summed E-state index contributed by atoms with van der Waals surface area (Å²) in [6.45, 7) is 3.53. The lowest BCUT2D eigenvalue weighted by molar-refractivity contribution is -0.121. The van der Waals surface area contributed by atoms with Crippen molar-refractivity contribution < 1.29 is 9.00 Å². The molecule has 0 aromatic carbocycles. The average Bonchev–Trinajstić information content (AvgIpc) is 2.40. The molecule has 2 rings (SSSR count). The zero-order valence-corrected chi connectivity index (χ0v) is 8.06. The Bertz CT molecular complexity index is 295. The average molecular weight is 184 g/mol. The zero-order chi connectivity index (χ0) is 8.93. The van der Waals surface area contributed by atoms with E-state index in [0.717, 1.165) is 6.42 Å². The largest absolute Gasteiger partial charge is 0.300 e. The highest BCUT2D eigenvalue weighted by molar-refractivity contribution is 7.88. The predicted octanol–water partition coefficient (Wildman–Crippen LogP) is 1.04. The van der Waals surface area contributed by atoms with Crippen LogP contribution in [-0.2, 0) is 15.6 Å². The second kappa shape index (κ2) is 2.28. The molecule has 0 spiro atoms. The summed E-state index contributed by atoms with van der Waals surface area (Å²) in [4.78, 5) is 11.2. The minimum atomic E-state index is -0.849. The van der Waals surface area contributed by atoms with Crippen LogP contribution in [0.25, 0.3) is 0 Å². The summed E-state index contributed by atoms with van der Waals surface area (Å²) in [6, 6.07) is 0. The molecule has 0 saturated carbocycles. The maximum Gasteiger partial charge on any atom is 0.134 e. The Morgan fingerprint density at radius 2 is 2.33 bits per heavy atom. The molecule has 3 heteroatoms. The summed E-state index contributed by atoms with van der Waals surface area (Å²) in [5, 5.41) is 0.142. The normalized spacial score (nSPS) is 50.0. The minimum absolute atomic E-state index is 0.00617. The van der Waals surface area contributed by atoms with Gasteiger partial charge in [-0.25, -0.2) is 0 Å². The quantitative estimate of drug-likeness (QED) is 0.571. The fraction of sp³-hybridized carbons (Fsp3) is 0.667. The molecule has 66 valence electrons. The molecule has 0 N–H and O–H groups in total. The fourth-order valence-corrected chi connectivity index (χ4v) is 4.22. The predicted molar refractivity (Wildman–Crippen MR) is 48.3 cm³/mol. The fourth-order valence-electron chi connectivity index (χ4n) is 2.22. The van der Waals surface area contributed by atoms with Crippen molar-refractivity contribution in [2.75, 3.05) is 0 Å². The van der Waals surface area contributed by atoms with Gasteiger partial charge in [-0.2, -0.15) is 0 Å². The molecule has 0 radical (unpaired) electrons. The summed E-state index contributed by atoms with van der Waals surface area (Å²) >= 11 is 0. The minimum Gasteiger partial charge on any atom is -0.300 e. The van der Waals surface area contributed by atoms with Crippen LogP contribution in [0.4, 0.5) is 0 Å². The molecule has 2 heterocycles. The van der Waals surface area contributed by atoms with Gasteiger partial charge in [0.05, 0.1) is 10.00 Å². The summed E-state index contributed by atoms with van der Waals surface area (Å²) in [5.41, 5.74) is 0. The zero-order valence-electron chi connectivity index (χ0n) is 7.24. The van der Waals surface area contributed by atoms with Gasteiger partial charge in [-0.3, -0.25) is 9.00 Å². The van der Waals surface area contributed by atoms with E-state index >= 15 is 0 Å². The lowest BCUT2D eigenvalue weighted by Crippen LogP contribution is -2.34. The van der Waals surface area contributed by atoms with Gasteiger partial charge in [-0.15, -0.1) is 0 Å². The van der Waals surface area contributed by atoms with E-state index in [4.69, 9.17) is 0 Å². The molecule has 0 amide bonds. The molecule has 2 nitrogen and oxygen atoms in total. The van der Waals surface area contributed by atoms with Crippen molar-refractivity contribution in [1.82, 2.24) is 0 Å². The van der Waals surface area contributed by atoms with Gasteiger partial charge < -0.3 is 0 Å². The van der Waals surface area contributed by atoms with E-state index in [2.05, 4.69) is 0 Å². The molecular weight excluding hydrogens is 172 g/mol. The van der Waals surface area contributed by atoms with E-state index in [1.807, 2.05) is 19.1 Å². The number of carbonyl (C=O) groups is 1. The Kier molecular flexibility index (Phi) is 1.55. The van der Waals surface area contributed by atoms with Crippen molar-refractivity contribution in [2.24, 2.45) is 5.92 Å². The van der Waals surface area contributed by atoms with E-state index in [1.54, 1.807) is 6.92 Å². The summed E-state index contributed by atoms with van der Waals surface area (Å²) < 4.78 is 11.3. The molecule has 0 aliphatic carbocycles. The van der Waals surface area contributed by atoms with Crippen LogP contribution in [-0.4, -0.2) is 20.0 Å². The molecule has 1 fully saturated rings. The Morgan fingerprint density at radius 1 is 1.67 bits per heavy atom. The number of rotatable bonds is 1. The molecular formula is C9H12O2S. The molecule has 0 aromatic heterocycles. The molecule has 0 aromatic rings. The number of carbonyl (C=O) groups excluding carboxylic acids is 1. The van der Waals surface area contributed by atoms with Gasteiger partial charge in [0, 0.05) is 16.7 Å². The number of Topliss-reactive ketones (excluding diaryl/α,β-unsaturated/α-hetero) is 1. The van der Waals surface area contributed by atoms with E-state index < -0.39 is 10.8 Å². The van der Waals surface area contributed by atoms with Crippen LogP contribution in [0.2, 0.25) is 0 Å². The van der Waals surface area contributed by atoms with Gasteiger partial charge >= 0.3 is 0 Å². The molecule has 12 heavy (non-hydrogen) atoms. The molecule has 4 atom stereocenters. The monoisotopic (exact) mass is 184 g/mol. The molecule has 2 aliphatic heterocycles. The Hall–Kier alpha value is -0.440. The second-order valence-electron chi connectivity index (χ2n) is 3.78. The van der Waals surface area contributed by atoms with Crippen LogP contribution in [0.15, 0.2) is 12.2 Å². The van der Waals surface area contributed by atoms with E-state index in [1.165, 1.54) is 0 Å². The van der Waals surface area contributed by atoms with E-state index in [-0.39, 0.29) is 21.7 Å². The maximum atomic E-state index is 11.7. The van der Waals surface area contributed by atoms with Gasteiger partial charge in [-0.05, 0) is 20.3 Å². The SMILES string of the molecule is CC(=O)[C@H]1C[C@H]2C=C[C@]1(C)S2=O. The van der Waals surface area contributed by atoms with Crippen LogP contribution in [0.1, 0.15) is 20.3 Å². The second-order valence-corrected chi connectivity index (χ2v) is 5.86. The van der Waals surface area contributed by atoms with Crippen LogP contribution < -0.4 is 0 Å². The van der Waals surface area contributed by atoms with Gasteiger partial charge in [-0.1, -0.05) is 12.2 Å². The standard InChI is InChI=1S/C9H12O2S/c1-6(10)8-5-7-3-4-9(8,2)12(7)11/h3-4,7-8H,5H2,1-2H3/t7-,8-,9+,12?/m1/s1. The maximum absolute atomic E-state index is 11.7. The number of hydrogen-bond acceptors (Lipinski definition) is 2. The molecule has 1 unspecified atom stereocenters. The third kappa shape index (κ3) is 0.802. The number of fused-ring (bicyclic) bond motifs is 2. The highest BCUT2D eigenvalue weighted by Crippen LogP contribution is 2.45. The van der Waals surface area contributed by atoms with Crippen LogP contribution >= 0.6 is 0 Å². The third-order valence-electron chi connectivity index (χ3n) is 3.00. The van der Waals surface area contributed by atoms with Crippen LogP contribution in [0.3, 0.4) is 0 Å². The van der Waals surface area contributed by atoms with E-state index in [0.29, 0.717) is 0 Å². The van der Waals surface area contributed by atoms with E-state index in [9.17, 15) is 9.00 Å². The highest BCUT2D eigenvalue weighted by atomic mass is 32.2. The first-order valence-corrected chi connectivity index (χ1v) is 5.37. The van der Waals surface area contributed by atoms with Gasteiger partial charge in [0.15, 0.2) is 0 Å². The summed E-state index contributed by atoms with van der Waals surface area (Å²) in [6.07, 6.45) is 4.74.